The fourth-order valence-corrected chi connectivity index (χ4v) is 4.32. The maximum absolute atomic E-state index is 13.0. The van der Waals surface area contributed by atoms with E-state index < -0.39 is 6.10 Å². The maximum Gasteiger partial charge on any atom is 0.263 e. The molecule has 0 N–H and O–H groups in total. The molecule has 1 aliphatic rings. The van der Waals surface area contributed by atoms with Crippen LogP contribution in [0.1, 0.15) is 24.1 Å². The normalized spacial score (nSPS) is 15.6. The first-order valence-electron chi connectivity index (χ1n) is 10.7. The van der Waals surface area contributed by atoms with Crippen LogP contribution in [0.5, 0.6) is 5.75 Å². The number of benzene rings is 3. The quantitative estimate of drug-likeness (QED) is 0.544. The van der Waals surface area contributed by atoms with Gasteiger partial charge in [0.15, 0.2) is 6.10 Å². The van der Waals surface area contributed by atoms with Gasteiger partial charge < -0.3 is 9.64 Å². The standard InChI is InChI=1S/C26H27ClN2O2/c1-20(31-24-14-8-13-23(27)19-24)26(30)29-17-15-28(16-18-29)25(21-9-4-2-5-10-21)22-11-6-3-7-12-22/h2-14,19-20,25H,15-18H2,1H3/t20-/m0/s1. The van der Waals surface area contributed by atoms with Crippen LogP contribution in [0.15, 0.2) is 84.9 Å². The van der Waals surface area contributed by atoms with Gasteiger partial charge in [-0.15, -0.1) is 0 Å². The molecule has 0 bridgehead atoms. The number of nitrogens with zero attached hydrogens (tertiary/aromatic N) is 2. The molecule has 0 saturated carbocycles. The summed E-state index contributed by atoms with van der Waals surface area (Å²) in [5.74, 6) is 0.621. The minimum absolute atomic E-state index is 0.00981. The molecule has 4 nitrogen and oxygen atoms in total. The summed E-state index contributed by atoms with van der Waals surface area (Å²) in [4.78, 5) is 17.3. The van der Waals surface area contributed by atoms with Crippen LogP contribution in [-0.2, 0) is 4.79 Å². The van der Waals surface area contributed by atoms with Crippen molar-refractivity contribution in [3.8, 4) is 5.75 Å². The summed E-state index contributed by atoms with van der Waals surface area (Å²) in [6.45, 7) is 4.77. The number of ether oxygens (including phenoxy) is 1. The summed E-state index contributed by atoms with van der Waals surface area (Å²) in [5.41, 5.74) is 2.54. The number of halogens is 1. The predicted molar refractivity (Wildman–Crippen MR) is 124 cm³/mol. The van der Waals surface area contributed by atoms with E-state index in [1.165, 1.54) is 11.1 Å². The van der Waals surface area contributed by atoms with Crippen molar-refractivity contribution in [1.29, 1.82) is 0 Å². The molecule has 31 heavy (non-hydrogen) atoms. The topological polar surface area (TPSA) is 32.8 Å². The van der Waals surface area contributed by atoms with Crippen LogP contribution >= 0.6 is 11.6 Å². The smallest absolute Gasteiger partial charge is 0.263 e. The molecule has 1 heterocycles. The Labute approximate surface area is 189 Å². The highest BCUT2D eigenvalue weighted by Gasteiger charge is 2.30. The maximum atomic E-state index is 13.0. The Bertz CT molecular complexity index is 949. The number of amides is 1. The number of carbonyl (C=O) groups excluding carboxylic acids is 1. The minimum Gasteiger partial charge on any atom is -0.481 e. The van der Waals surface area contributed by atoms with Crippen molar-refractivity contribution in [2.45, 2.75) is 19.1 Å². The fourth-order valence-electron chi connectivity index (χ4n) is 4.14. The molecule has 160 valence electrons. The first-order chi connectivity index (χ1) is 15.1. The van der Waals surface area contributed by atoms with E-state index in [0.29, 0.717) is 23.9 Å². The van der Waals surface area contributed by atoms with E-state index in [1.54, 1.807) is 19.1 Å². The van der Waals surface area contributed by atoms with Gasteiger partial charge in [-0.1, -0.05) is 78.3 Å². The molecule has 5 heteroatoms. The van der Waals surface area contributed by atoms with Crippen molar-refractivity contribution in [1.82, 2.24) is 9.80 Å². The van der Waals surface area contributed by atoms with Crippen molar-refractivity contribution in [2.75, 3.05) is 26.2 Å². The summed E-state index contributed by atoms with van der Waals surface area (Å²) in [6, 6.07) is 28.5. The Kier molecular flexibility index (Phi) is 6.90. The van der Waals surface area contributed by atoms with Gasteiger partial charge in [0.2, 0.25) is 0 Å². The zero-order chi connectivity index (χ0) is 21.6. The molecule has 0 unspecified atom stereocenters. The van der Waals surface area contributed by atoms with E-state index in [2.05, 4.69) is 53.4 Å². The van der Waals surface area contributed by atoms with Crippen molar-refractivity contribution < 1.29 is 9.53 Å². The summed E-state index contributed by atoms with van der Waals surface area (Å²) in [6.07, 6.45) is -0.552. The molecule has 3 aromatic carbocycles. The molecule has 1 aliphatic heterocycles. The lowest BCUT2D eigenvalue weighted by Gasteiger charge is -2.40. The van der Waals surface area contributed by atoms with Crippen LogP contribution in [0.2, 0.25) is 5.02 Å². The molecule has 1 fully saturated rings. The first kappa shape index (κ1) is 21.4. The second kappa shape index (κ2) is 9.99. The lowest BCUT2D eigenvalue weighted by Crippen LogP contribution is -2.52. The summed E-state index contributed by atoms with van der Waals surface area (Å²) >= 11 is 6.02. The third kappa shape index (κ3) is 5.27. The Morgan fingerprint density at radius 3 is 1.97 bits per heavy atom. The van der Waals surface area contributed by atoms with E-state index in [4.69, 9.17) is 16.3 Å². The van der Waals surface area contributed by atoms with Crippen LogP contribution in [-0.4, -0.2) is 48.0 Å². The molecule has 1 saturated heterocycles. The van der Waals surface area contributed by atoms with Crippen LogP contribution in [0.3, 0.4) is 0 Å². The molecule has 1 atom stereocenters. The average Bonchev–Trinajstić information content (AvgIpc) is 2.81. The van der Waals surface area contributed by atoms with Crippen molar-refractivity contribution in [3.63, 3.8) is 0 Å². The highest BCUT2D eigenvalue weighted by molar-refractivity contribution is 6.30. The van der Waals surface area contributed by atoms with Gasteiger partial charge in [-0.3, -0.25) is 9.69 Å². The van der Waals surface area contributed by atoms with Crippen molar-refractivity contribution >= 4 is 17.5 Å². The molecular weight excluding hydrogens is 408 g/mol. The predicted octanol–water partition coefficient (Wildman–Crippen LogP) is 5.04. The van der Waals surface area contributed by atoms with Gasteiger partial charge >= 0.3 is 0 Å². The van der Waals surface area contributed by atoms with Crippen LogP contribution < -0.4 is 4.74 Å². The minimum atomic E-state index is -0.552. The summed E-state index contributed by atoms with van der Waals surface area (Å²) in [7, 11) is 0. The van der Waals surface area contributed by atoms with Gasteiger partial charge in [0.1, 0.15) is 5.75 Å². The van der Waals surface area contributed by atoms with Crippen LogP contribution in [0, 0.1) is 0 Å². The Balaban J connectivity index is 1.42. The number of carbonyl (C=O) groups is 1. The first-order valence-corrected chi connectivity index (χ1v) is 11.0. The van der Waals surface area contributed by atoms with E-state index in [1.807, 2.05) is 29.2 Å². The molecule has 1 amide bonds. The lowest BCUT2D eigenvalue weighted by molar-refractivity contribution is -0.140. The van der Waals surface area contributed by atoms with Gasteiger partial charge in [0.05, 0.1) is 6.04 Å². The van der Waals surface area contributed by atoms with E-state index in [9.17, 15) is 4.79 Å². The second-order valence-corrected chi connectivity index (χ2v) is 8.24. The van der Waals surface area contributed by atoms with Crippen molar-refractivity contribution in [3.05, 3.63) is 101 Å². The summed E-state index contributed by atoms with van der Waals surface area (Å²) < 4.78 is 5.83. The molecule has 0 aromatic heterocycles. The Hall–Kier alpha value is -2.82. The third-order valence-corrected chi connectivity index (χ3v) is 5.91. The van der Waals surface area contributed by atoms with Crippen molar-refractivity contribution in [2.24, 2.45) is 0 Å². The van der Waals surface area contributed by atoms with Gasteiger partial charge in [-0.05, 0) is 36.2 Å². The number of hydrogen-bond acceptors (Lipinski definition) is 3. The molecule has 0 aliphatic carbocycles. The SMILES string of the molecule is C[C@H](Oc1cccc(Cl)c1)C(=O)N1CCN(C(c2ccccc2)c2ccccc2)CC1. The van der Waals surface area contributed by atoms with Crippen LogP contribution in [0.25, 0.3) is 0 Å². The zero-order valence-corrected chi connectivity index (χ0v) is 18.4. The molecule has 0 spiro atoms. The molecular formula is C26H27ClN2O2. The largest absolute Gasteiger partial charge is 0.481 e. The molecule has 0 radical (unpaired) electrons. The Morgan fingerprint density at radius 1 is 0.839 bits per heavy atom. The molecule has 3 aromatic rings. The third-order valence-electron chi connectivity index (χ3n) is 5.68. The highest BCUT2D eigenvalue weighted by atomic mass is 35.5. The highest BCUT2D eigenvalue weighted by Crippen LogP contribution is 2.29. The van der Waals surface area contributed by atoms with Gasteiger partial charge in [-0.2, -0.15) is 0 Å². The van der Waals surface area contributed by atoms with E-state index in [-0.39, 0.29) is 11.9 Å². The van der Waals surface area contributed by atoms with Gasteiger partial charge in [-0.25, -0.2) is 0 Å². The summed E-state index contributed by atoms with van der Waals surface area (Å²) in [5, 5.41) is 0.596. The molecule has 4 rings (SSSR count). The van der Waals surface area contributed by atoms with Gasteiger partial charge in [0.25, 0.3) is 5.91 Å². The van der Waals surface area contributed by atoms with Crippen LogP contribution in [0.4, 0.5) is 0 Å². The average molecular weight is 435 g/mol. The van der Waals surface area contributed by atoms with E-state index in [0.717, 1.165) is 13.1 Å². The zero-order valence-electron chi connectivity index (χ0n) is 17.7. The van der Waals surface area contributed by atoms with Gasteiger partial charge in [0, 0.05) is 31.2 Å². The number of hydrogen-bond donors (Lipinski definition) is 0. The monoisotopic (exact) mass is 434 g/mol. The number of piperazine rings is 1. The van der Waals surface area contributed by atoms with E-state index >= 15 is 0 Å². The number of rotatable bonds is 6. The Morgan fingerprint density at radius 2 is 1.42 bits per heavy atom. The second-order valence-electron chi connectivity index (χ2n) is 7.80. The fraction of sp³-hybridized carbons (Fsp3) is 0.269. The lowest BCUT2D eigenvalue weighted by atomic mass is 9.96.